The zero-order chi connectivity index (χ0) is 13.0. The molecule has 0 spiro atoms. The van der Waals surface area contributed by atoms with Gasteiger partial charge in [0, 0.05) is 0 Å². The van der Waals surface area contributed by atoms with Gasteiger partial charge in [-0.05, 0) is 25.0 Å². The van der Waals surface area contributed by atoms with Crippen molar-refractivity contribution >= 4 is 23.1 Å². The van der Waals surface area contributed by atoms with Crippen molar-refractivity contribution in [1.29, 1.82) is 0 Å². The highest BCUT2D eigenvalue weighted by molar-refractivity contribution is 7.80. The lowest BCUT2D eigenvalue weighted by Crippen LogP contribution is -2.43. The van der Waals surface area contributed by atoms with Crippen LogP contribution in [0.1, 0.15) is 29.3 Å². The third-order valence-corrected chi connectivity index (χ3v) is 2.78. The standard InChI is InChI=1S/C12H15FN2OS/c1-3-9(11(14)17)15-12(16)8-6-4-5-7(2)10(8)13/h4-6,9H,3H2,1-2H3,(H2,14,17)(H,15,16). The molecule has 0 aliphatic carbocycles. The molecule has 0 radical (unpaired) electrons. The van der Waals surface area contributed by atoms with Gasteiger partial charge in [0.05, 0.1) is 16.6 Å². The molecule has 0 bridgehead atoms. The highest BCUT2D eigenvalue weighted by atomic mass is 32.1. The Balaban J connectivity index is 2.90. The Labute approximate surface area is 105 Å². The Bertz CT molecular complexity index is 448. The maximum atomic E-state index is 13.7. The molecule has 0 saturated heterocycles. The summed E-state index contributed by atoms with van der Waals surface area (Å²) in [5.41, 5.74) is 5.91. The highest BCUT2D eigenvalue weighted by Gasteiger charge is 2.17. The number of thiocarbonyl (C=S) groups is 1. The van der Waals surface area contributed by atoms with E-state index >= 15 is 0 Å². The van der Waals surface area contributed by atoms with Crippen LogP contribution in [0.2, 0.25) is 0 Å². The number of rotatable bonds is 4. The van der Waals surface area contributed by atoms with Crippen LogP contribution in [0, 0.1) is 12.7 Å². The molecule has 3 nitrogen and oxygen atoms in total. The lowest BCUT2D eigenvalue weighted by atomic mass is 10.1. The van der Waals surface area contributed by atoms with Crippen molar-refractivity contribution in [2.45, 2.75) is 26.3 Å². The molecule has 0 saturated carbocycles. The average Bonchev–Trinajstić information content (AvgIpc) is 2.28. The topological polar surface area (TPSA) is 55.1 Å². The van der Waals surface area contributed by atoms with Gasteiger partial charge in [-0.2, -0.15) is 0 Å². The molecule has 3 N–H and O–H groups in total. The maximum absolute atomic E-state index is 13.7. The number of hydrogen-bond donors (Lipinski definition) is 2. The van der Waals surface area contributed by atoms with E-state index in [9.17, 15) is 9.18 Å². The van der Waals surface area contributed by atoms with Gasteiger partial charge in [-0.25, -0.2) is 4.39 Å². The van der Waals surface area contributed by atoms with Gasteiger partial charge in [0.15, 0.2) is 0 Å². The van der Waals surface area contributed by atoms with E-state index in [-0.39, 0.29) is 10.6 Å². The number of halogens is 1. The van der Waals surface area contributed by atoms with Crippen LogP contribution in [0.25, 0.3) is 0 Å². The van der Waals surface area contributed by atoms with Crippen molar-refractivity contribution in [2.24, 2.45) is 5.73 Å². The number of benzene rings is 1. The van der Waals surface area contributed by atoms with Crippen molar-refractivity contribution in [2.75, 3.05) is 0 Å². The fourth-order valence-corrected chi connectivity index (χ4v) is 1.66. The van der Waals surface area contributed by atoms with Crippen LogP contribution in [0.15, 0.2) is 18.2 Å². The van der Waals surface area contributed by atoms with Crippen LogP contribution < -0.4 is 11.1 Å². The normalized spacial score (nSPS) is 11.9. The number of nitrogens with one attached hydrogen (secondary N) is 1. The summed E-state index contributed by atoms with van der Waals surface area (Å²) in [5.74, 6) is -1.01. The molecule has 1 aromatic rings. The predicted molar refractivity (Wildman–Crippen MR) is 69.5 cm³/mol. The van der Waals surface area contributed by atoms with E-state index < -0.39 is 17.8 Å². The zero-order valence-electron chi connectivity index (χ0n) is 9.79. The molecule has 1 rings (SSSR count). The van der Waals surface area contributed by atoms with Crippen molar-refractivity contribution in [3.63, 3.8) is 0 Å². The second kappa shape index (κ2) is 5.72. The van der Waals surface area contributed by atoms with Gasteiger partial charge in [0.1, 0.15) is 5.82 Å². The Kier molecular flexibility index (Phi) is 4.57. The fraction of sp³-hybridized carbons (Fsp3) is 0.333. The monoisotopic (exact) mass is 254 g/mol. The highest BCUT2D eigenvalue weighted by Crippen LogP contribution is 2.12. The molecule has 92 valence electrons. The van der Waals surface area contributed by atoms with E-state index in [1.165, 1.54) is 6.07 Å². The van der Waals surface area contributed by atoms with E-state index in [1.54, 1.807) is 19.1 Å². The molecule has 1 aromatic carbocycles. The van der Waals surface area contributed by atoms with Gasteiger partial charge in [-0.15, -0.1) is 0 Å². The SMILES string of the molecule is CCC(NC(=O)c1cccc(C)c1F)C(N)=S. The lowest BCUT2D eigenvalue weighted by molar-refractivity contribution is 0.0942. The minimum atomic E-state index is -0.511. The average molecular weight is 254 g/mol. The molecular weight excluding hydrogens is 239 g/mol. The quantitative estimate of drug-likeness (QED) is 0.807. The van der Waals surface area contributed by atoms with Gasteiger partial charge in [-0.1, -0.05) is 31.3 Å². The van der Waals surface area contributed by atoms with Crippen molar-refractivity contribution < 1.29 is 9.18 Å². The minimum Gasteiger partial charge on any atom is -0.392 e. The van der Waals surface area contributed by atoms with E-state index in [1.807, 2.05) is 6.92 Å². The summed E-state index contributed by atoms with van der Waals surface area (Å²) in [4.78, 5) is 12.0. The lowest BCUT2D eigenvalue weighted by Gasteiger charge is -2.15. The first kappa shape index (κ1) is 13.6. The van der Waals surface area contributed by atoms with E-state index in [4.69, 9.17) is 18.0 Å². The first-order valence-corrected chi connectivity index (χ1v) is 5.73. The van der Waals surface area contributed by atoms with Crippen LogP contribution in [0.4, 0.5) is 4.39 Å². The zero-order valence-corrected chi connectivity index (χ0v) is 10.6. The molecule has 0 aliphatic rings. The van der Waals surface area contributed by atoms with Crippen LogP contribution in [0.5, 0.6) is 0 Å². The second-order valence-corrected chi connectivity index (χ2v) is 4.24. The Morgan fingerprint density at radius 1 is 1.59 bits per heavy atom. The third-order valence-electron chi connectivity index (χ3n) is 2.49. The predicted octanol–water partition coefficient (Wildman–Crippen LogP) is 1.93. The second-order valence-electron chi connectivity index (χ2n) is 3.77. The minimum absolute atomic E-state index is 0.0136. The Morgan fingerprint density at radius 3 is 2.76 bits per heavy atom. The van der Waals surface area contributed by atoms with Crippen molar-refractivity contribution in [1.82, 2.24) is 5.32 Å². The molecule has 1 atom stereocenters. The van der Waals surface area contributed by atoms with E-state index in [0.29, 0.717) is 12.0 Å². The first-order chi connectivity index (χ1) is 7.97. The summed E-state index contributed by atoms with van der Waals surface area (Å²) in [6.45, 7) is 3.45. The number of amides is 1. The number of nitrogens with two attached hydrogens (primary N) is 1. The third kappa shape index (κ3) is 3.23. The summed E-state index contributed by atoms with van der Waals surface area (Å²) < 4.78 is 13.7. The number of carbonyl (C=O) groups excluding carboxylic acids is 1. The molecule has 0 fully saturated rings. The molecule has 17 heavy (non-hydrogen) atoms. The fourth-order valence-electron chi connectivity index (χ4n) is 1.43. The van der Waals surface area contributed by atoms with Gasteiger partial charge in [0.25, 0.3) is 5.91 Å². The van der Waals surface area contributed by atoms with Gasteiger partial charge in [0.2, 0.25) is 0 Å². The molecule has 1 unspecified atom stereocenters. The maximum Gasteiger partial charge on any atom is 0.254 e. The van der Waals surface area contributed by atoms with Crippen LogP contribution >= 0.6 is 12.2 Å². The number of hydrogen-bond acceptors (Lipinski definition) is 2. The van der Waals surface area contributed by atoms with Gasteiger partial charge in [-0.3, -0.25) is 4.79 Å². The number of carbonyl (C=O) groups is 1. The largest absolute Gasteiger partial charge is 0.392 e. The summed E-state index contributed by atoms with van der Waals surface area (Å²) >= 11 is 4.81. The van der Waals surface area contributed by atoms with Crippen LogP contribution in [-0.4, -0.2) is 16.9 Å². The summed E-state index contributed by atoms with van der Waals surface area (Å²) in [5, 5.41) is 2.61. The van der Waals surface area contributed by atoms with Gasteiger partial charge >= 0.3 is 0 Å². The molecule has 0 aromatic heterocycles. The Morgan fingerprint density at radius 2 is 2.24 bits per heavy atom. The summed E-state index contributed by atoms with van der Waals surface area (Å²) in [6, 6.07) is 4.27. The molecule has 0 heterocycles. The van der Waals surface area contributed by atoms with Crippen LogP contribution in [0.3, 0.4) is 0 Å². The Hall–Kier alpha value is -1.49. The first-order valence-electron chi connectivity index (χ1n) is 5.32. The molecule has 0 aliphatic heterocycles. The summed E-state index contributed by atoms with van der Waals surface area (Å²) in [6.07, 6.45) is 0.578. The van der Waals surface area contributed by atoms with Crippen molar-refractivity contribution in [3.8, 4) is 0 Å². The molecule has 5 heteroatoms. The number of aryl methyl sites for hydroxylation is 1. The molecular formula is C12H15FN2OS. The molecule has 1 amide bonds. The van der Waals surface area contributed by atoms with E-state index in [2.05, 4.69) is 5.32 Å². The van der Waals surface area contributed by atoms with Crippen molar-refractivity contribution in [3.05, 3.63) is 35.1 Å². The smallest absolute Gasteiger partial charge is 0.254 e. The summed E-state index contributed by atoms with van der Waals surface area (Å²) in [7, 11) is 0. The van der Waals surface area contributed by atoms with Crippen LogP contribution in [-0.2, 0) is 0 Å². The van der Waals surface area contributed by atoms with E-state index in [0.717, 1.165) is 0 Å². The van der Waals surface area contributed by atoms with Gasteiger partial charge < -0.3 is 11.1 Å².